The molecule has 1 N–H and O–H groups in total. The largest absolute Gasteiger partial charge is 0.337 e. The van der Waals surface area contributed by atoms with Gasteiger partial charge >= 0.3 is 0 Å². The van der Waals surface area contributed by atoms with Crippen molar-refractivity contribution in [2.75, 3.05) is 6.54 Å². The molecule has 1 unspecified atom stereocenters. The lowest BCUT2D eigenvalue weighted by atomic mass is 9.88. The minimum atomic E-state index is -0.0990. The van der Waals surface area contributed by atoms with E-state index in [1.165, 1.54) is 44.9 Å². The van der Waals surface area contributed by atoms with Gasteiger partial charge in [0.05, 0.1) is 5.54 Å². The Morgan fingerprint density at radius 2 is 2.00 bits per heavy atom. The van der Waals surface area contributed by atoms with Crippen LogP contribution in [0.2, 0.25) is 0 Å². The number of aromatic nitrogens is 2. The SMILES string of the molecule is CC1(c2nc(C3CCCCC3)no2)CCCCN1. The molecule has 2 aliphatic rings. The summed E-state index contributed by atoms with van der Waals surface area (Å²) in [6, 6.07) is 0. The van der Waals surface area contributed by atoms with E-state index in [1.54, 1.807) is 0 Å². The highest BCUT2D eigenvalue weighted by Crippen LogP contribution is 2.33. The maximum Gasteiger partial charge on any atom is 0.246 e. The molecule has 1 saturated carbocycles. The molecule has 1 aliphatic carbocycles. The second kappa shape index (κ2) is 5.00. The number of nitrogens with one attached hydrogen (secondary N) is 1. The molecule has 1 aromatic heterocycles. The van der Waals surface area contributed by atoms with E-state index in [4.69, 9.17) is 4.52 Å². The molecule has 4 heteroatoms. The summed E-state index contributed by atoms with van der Waals surface area (Å²) in [5, 5.41) is 7.77. The number of piperidine rings is 1. The van der Waals surface area contributed by atoms with Gasteiger partial charge in [-0.15, -0.1) is 0 Å². The number of rotatable bonds is 2. The molecule has 1 saturated heterocycles. The summed E-state index contributed by atoms with van der Waals surface area (Å²) in [5.41, 5.74) is -0.0990. The van der Waals surface area contributed by atoms with Crippen LogP contribution in [0.3, 0.4) is 0 Å². The quantitative estimate of drug-likeness (QED) is 0.875. The highest BCUT2D eigenvalue weighted by atomic mass is 16.5. The predicted octanol–water partition coefficient (Wildman–Crippen LogP) is 3.11. The Kier molecular flexibility index (Phi) is 3.37. The third kappa shape index (κ3) is 2.30. The van der Waals surface area contributed by atoms with Crippen molar-refractivity contribution < 1.29 is 4.52 Å². The molecule has 4 nitrogen and oxygen atoms in total. The lowest BCUT2D eigenvalue weighted by molar-refractivity contribution is 0.206. The molecule has 100 valence electrons. The summed E-state index contributed by atoms with van der Waals surface area (Å²) >= 11 is 0. The zero-order valence-electron chi connectivity index (χ0n) is 11.2. The van der Waals surface area contributed by atoms with Crippen molar-refractivity contribution in [3.05, 3.63) is 11.7 Å². The van der Waals surface area contributed by atoms with E-state index in [9.17, 15) is 0 Å². The van der Waals surface area contributed by atoms with Crippen molar-refractivity contribution in [1.82, 2.24) is 15.5 Å². The van der Waals surface area contributed by atoms with E-state index in [1.807, 2.05) is 0 Å². The van der Waals surface area contributed by atoms with Crippen LogP contribution in [0.5, 0.6) is 0 Å². The van der Waals surface area contributed by atoms with Crippen LogP contribution >= 0.6 is 0 Å². The molecule has 0 bridgehead atoms. The van der Waals surface area contributed by atoms with E-state index >= 15 is 0 Å². The van der Waals surface area contributed by atoms with Gasteiger partial charge in [-0.1, -0.05) is 24.4 Å². The van der Waals surface area contributed by atoms with Gasteiger partial charge in [-0.25, -0.2) is 0 Å². The number of hydrogen-bond donors (Lipinski definition) is 1. The fourth-order valence-corrected chi connectivity index (χ4v) is 3.22. The summed E-state index contributed by atoms with van der Waals surface area (Å²) in [7, 11) is 0. The van der Waals surface area contributed by atoms with E-state index in [0.717, 1.165) is 24.7 Å². The third-order valence-corrected chi connectivity index (χ3v) is 4.50. The van der Waals surface area contributed by atoms with Crippen LogP contribution in [0, 0.1) is 0 Å². The molecule has 0 spiro atoms. The highest BCUT2D eigenvalue weighted by molar-refractivity contribution is 5.05. The average Bonchev–Trinajstić information content (AvgIpc) is 2.91. The van der Waals surface area contributed by atoms with Crippen LogP contribution in [0.1, 0.15) is 75.9 Å². The molecule has 3 rings (SSSR count). The van der Waals surface area contributed by atoms with E-state index < -0.39 is 0 Å². The predicted molar refractivity (Wildman–Crippen MR) is 69.3 cm³/mol. The normalized spacial score (nSPS) is 30.5. The van der Waals surface area contributed by atoms with Gasteiger partial charge in [0.2, 0.25) is 5.89 Å². The van der Waals surface area contributed by atoms with E-state index in [0.29, 0.717) is 5.92 Å². The minimum absolute atomic E-state index is 0.0990. The van der Waals surface area contributed by atoms with Gasteiger partial charge in [0.1, 0.15) is 0 Å². The zero-order chi connectivity index (χ0) is 12.4. The molecule has 0 aromatic carbocycles. The molecular formula is C14H23N3O. The Bertz CT molecular complexity index is 389. The molecule has 1 aliphatic heterocycles. The van der Waals surface area contributed by atoms with Crippen molar-refractivity contribution >= 4 is 0 Å². The van der Waals surface area contributed by atoms with Crippen LogP contribution in [-0.4, -0.2) is 16.7 Å². The first-order chi connectivity index (χ1) is 8.78. The smallest absolute Gasteiger partial charge is 0.246 e. The molecule has 18 heavy (non-hydrogen) atoms. The Morgan fingerprint density at radius 1 is 1.17 bits per heavy atom. The van der Waals surface area contributed by atoms with Gasteiger partial charge in [0.15, 0.2) is 5.82 Å². The first-order valence-corrected chi connectivity index (χ1v) is 7.37. The number of nitrogens with zero attached hydrogens (tertiary/aromatic N) is 2. The lowest BCUT2D eigenvalue weighted by Crippen LogP contribution is -2.43. The van der Waals surface area contributed by atoms with Crippen LogP contribution in [0.4, 0.5) is 0 Å². The van der Waals surface area contributed by atoms with Crippen molar-refractivity contribution in [3.8, 4) is 0 Å². The monoisotopic (exact) mass is 249 g/mol. The van der Waals surface area contributed by atoms with Gasteiger partial charge in [0, 0.05) is 5.92 Å². The van der Waals surface area contributed by atoms with Crippen molar-refractivity contribution in [2.24, 2.45) is 0 Å². The van der Waals surface area contributed by atoms with Gasteiger partial charge in [-0.2, -0.15) is 4.98 Å². The second-order valence-electron chi connectivity index (χ2n) is 6.01. The fourth-order valence-electron chi connectivity index (χ4n) is 3.22. The van der Waals surface area contributed by atoms with Gasteiger partial charge in [-0.3, -0.25) is 0 Å². The van der Waals surface area contributed by atoms with Crippen LogP contribution < -0.4 is 5.32 Å². The van der Waals surface area contributed by atoms with Crippen LogP contribution in [0.25, 0.3) is 0 Å². The number of hydrogen-bond acceptors (Lipinski definition) is 4. The second-order valence-corrected chi connectivity index (χ2v) is 6.01. The van der Waals surface area contributed by atoms with E-state index in [-0.39, 0.29) is 5.54 Å². The van der Waals surface area contributed by atoms with Crippen molar-refractivity contribution in [1.29, 1.82) is 0 Å². The summed E-state index contributed by atoms with van der Waals surface area (Å²) < 4.78 is 5.54. The van der Waals surface area contributed by atoms with Crippen molar-refractivity contribution in [3.63, 3.8) is 0 Å². The molecule has 0 radical (unpaired) electrons. The summed E-state index contributed by atoms with van der Waals surface area (Å²) in [4.78, 5) is 4.69. The first kappa shape index (κ1) is 12.2. The average molecular weight is 249 g/mol. The van der Waals surface area contributed by atoms with Crippen molar-refractivity contribution in [2.45, 2.75) is 69.7 Å². The van der Waals surface area contributed by atoms with Gasteiger partial charge < -0.3 is 9.84 Å². The molecular weight excluding hydrogens is 226 g/mol. The fraction of sp³-hybridized carbons (Fsp3) is 0.857. The van der Waals surface area contributed by atoms with Gasteiger partial charge in [-0.05, 0) is 45.6 Å². The maximum absolute atomic E-state index is 5.54. The summed E-state index contributed by atoms with van der Waals surface area (Å²) in [5.74, 6) is 2.27. The topological polar surface area (TPSA) is 51.0 Å². The zero-order valence-corrected chi connectivity index (χ0v) is 11.2. The highest BCUT2D eigenvalue weighted by Gasteiger charge is 2.35. The molecule has 1 aromatic rings. The Morgan fingerprint density at radius 3 is 2.72 bits per heavy atom. The molecule has 1 atom stereocenters. The first-order valence-electron chi connectivity index (χ1n) is 7.37. The standard InChI is InChI=1S/C14H23N3O/c1-14(9-5-6-10-15-14)13-16-12(17-18-13)11-7-3-2-4-8-11/h11,15H,2-10H2,1H3. The molecule has 0 amide bonds. The Hall–Kier alpha value is -0.900. The summed E-state index contributed by atoms with van der Waals surface area (Å²) in [6.45, 7) is 3.24. The molecule has 2 fully saturated rings. The van der Waals surface area contributed by atoms with E-state index in [2.05, 4.69) is 22.4 Å². The summed E-state index contributed by atoms with van der Waals surface area (Å²) in [6.07, 6.45) is 10.0. The van der Waals surface area contributed by atoms with Crippen LogP contribution in [-0.2, 0) is 5.54 Å². The Balaban J connectivity index is 1.75. The minimum Gasteiger partial charge on any atom is -0.337 e. The molecule has 2 heterocycles. The third-order valence-electron chi connectivity index (χ3n) is 4.50. The lowest BCUT2D eigenvalue weighted by Gasteiger charge is -2.31. The van der Waals surface area contributed by atoms with Gasteiger partial charge in [0.25, 0.3) is 0 Å². The van der Waals surface area contributed by atoms with Crippen LogP contribution in [0.15, 0.2) is 4.52 Å². The Labute approximate surface area is 109 Å². The maximum atomic E-state index is 5.54.